The number of carbonyl (C=O) groups excluding carboxylic acids is 1. The molecule has 0 bridgehead atoms. The molecule has 2 fully saturated rings. The van der Waals surface area contributed by atoms with Gasteiger partial charge in [0, 0.05) is 43.5 Å². The topological polar surface area (TPSA) is 86.7 Å². The van der Waals surface area contributed by atoms with E-state index in [0.29, 0.717) is 60.3 Å². The number of carbonyl (C=O) groups is 1. The Bertz CT molecular complexity index is 1370. The van der Waals surface area contributed by atoms with E-state index in [4.69, 9.17) is 11.6 Å². The van der Waals surface area contributed by atoms with E-state index in [9.17, 15) is 26.4 Å². The molecule has 2 saturated heterocycles. The Morgan fingerprint density at radius 1 is 1.05 bits per heavy atom. The molecule has 1 aromatic heterocycles. The average molecular weight is 616 g/mol. The van der Waals surface area contributed by atoms with Crippen LogP contribution in [0.3, 0.4) is 0 Å². The second-order valence-electron chi connectivity index (χ2n) is 11.1. The largest absolute Gasteiger partial charge is 0.417 e. The lowest BCUT2D eigenvalue weighted by Crippen LogP contribution is -2.52. The Kier molecular flexibility index (Phi) is 9.67. The first-order chi connectivity index (χ1) is 19.1. The van der Waals surface area contributed by atoms with E-state index in [-0.39, 0.29) is 17.0 Å². The van der Waals surface area contributed by atoms with Crippen LogP contribution in [0.1, 0.15) is 64.4 Å². The van der Waals surface area contributed by atoms with Crippen LogP contribution in [0.4, 0.5) is 13.2 Å². The Labute approximate surface area is 244 Å². The van der Waals surface area contributed by atoms with Crippen molar-refractivity contribution in [1.29, 1.82) is 0 Å². The Morgan fingerprint density at radius 3 is 2.24 bits per heavy atom. The molecular weight excluding hydrogens is 579 g/mol. The van der Waals surface area contributed by atoms with Crippen LogP contribution in [-0.4, -0.2) is 90.0 Å². The second kappa shape index (κ2) is 12.5. The van der Waals surface area contributed by atoms with Crippen LogP contribution in [0.2, 0.25) is 5.02 Å². The number of amides is 1. The van der Waals surface area contributed by atoms with Gasteiger partial charge in [0.2, 0.25) is 10.0 Å². The van der Waals surface area contributed by atoms with Gasteiger partial charge >= 0.3 is 6.18 Å². The fourth-order valence-electron chi connectivity index (χ4n) is 5.81. The van der Waals surface area contributed by atoms with Crippen molar-refractivity contribution in [3.8, 4) is 0 Å². The molecule has 4 rings (SSSR count). The minimum Gasteiger partial charge on any atom is -0.337 e. The predicted molar refractivity (Wildman–Crippen MR) is 151 cm³/mol. The van der Waals surface area contributed by atoms with Gasteiger partial charge in [-0.1, -0.05) is 17.7 Å². The number of nitrogens with zero attached hydrogens (tertiary/aromatic N) is 5. The highest BCUT2D eigenvalue weighted by Crippen LogP contribution is 2.35. The van der Waals surface area contributed by atoms with Gasteiger partial charge in [-0.15, -0.1) is 0 Å². The molecule has 0 radical (unpaired) electrons. The molecule has 0 N–H and O–H groups in total. The number of benzene rings is 1. The third-order valence-corrected chi connectivity index (χ3v) is 10.0. The molecule has 1 aromatic carbocycles. The average Bonchev–Trinajstić information content (AvgIpc) is 2.91. The number of likely N-dealkylation sites (tertiary alicyclic amines) is 2. The van der Waals surface area contributed by atoms with Crippen molar-refractivity contribution in [2.45, 2.75) is 70.6 Å². The number of sulfonamides is 1. The Hall–Kier alpha value is -2.28. The van der Waals surface area contributed by atoms with Gasteiger partial charge in [-0.25, -0.2) is 22.7 Å². The molecule has 8 nitrogen and oxygen atoms in total. The van der Waals surface area contributed by atoms with Crippen LogP contribution in [-0.2, 0) is 29.0 Å². The van der Waals surface area contributed by atoms with E-state index in [1.54, 1.807) is 14.0 Å². The molecule has 0 unspecified atom stereocenters. The summed E-state index contributed by atoms with van der Waals surface area (Å²) in [5, 5.41) is -0.338. The normalized spacial score (nSPS) is 18.3. The fourth-order valence-corrected chi connectivity index (χ4v) is 6.88. The van der Waals surface area contributed by atoms with Gasteiger partial charge in [-0.05, 0) is 83.2 Å². The molecule has 13 heteroatoms. The number of aromatic nitrogens is 2. The number of hydrogen-bond acceptors (Lipinski definition) is 6. The standard InChI is InChI=1S/C28H37ClF3N5O3S/c1-18-25(8-6-20-5-7-23(24(29)17-20)28(30,31)32)33-19(2)34-26(18)27(38)37-15-11-22(12-16-37)36-13-9-21(10-14-36)35(3)41(4,39)40/h5,7,17,21-22H,6,8-16H2,1-4H3. The predicted octanol–water partition coefficient (Wildman–Crippen LogP) is 4.51. The highest BCUT2D eigenvalue weighted by Gasteiger charge is 2.34. The number of hydrogen-bond donors (Lipinski definition) is 0. The number of piperidine rings is 2. The van der Waals surface area contributed by atoms with Crippen LogP contribution in [0.25, 0.3) is 0 Å². The van der Waals surface area contributed by atoms with E-state index in [1.165, 1.54) is 22.7 Å². The van der Waals surface area contributed by atoms with E-state index in [1.807, 2.05) is 11.8 Å². The molecule has 0 atom stereocenters. The maximum absolute atomic E-state index is 13.5. The molecule has 2 aliphatic rings. The SMILES string of the molecule is Cc1nc(CCc2ccc(C(F)(F)F)c(Cl)c2)c(C)c(C(=O)N2CCC(N3CCC(N(C)S(C)(=O)=O)CC3)CC2)n1. The smallest absolute Gasteiger partial charge is 0.337 e. The molecule has 3 heterocycles. The lowest BCUT2D eigenvalue weighted by atomic mass is 9.97. The number of alkyl halides is 3. The molecule has 226 valence electrons. The van der Waals surface area contributed by atoms with Crippen molar-refractivity contribution in [3.63, 3.8) is 0 Å². The lowest BCUT2D eigenvalue weighted by molar-refractivity contribution is -0.137. The molecule has 2 aliphatic heterocycles. The van der Waals surface area contributed by atoms with Crippen LogP contribution in [0.5, 0.6) is 0 Å². The fraction of sp³-hybridized carbons (Fsp3) is 0.607. The maximum Gasteiger partial charge on any atom is 0.417 e. The van der Waals surface area contributed by atoms with Crippen molar-refractivity contribution >= 4 is 27.5 Å². The summed E-state index contributed by atoms with van der Waals surface area (Å²) in [7, 11) is -1.56. The van der Waals surface area contributed by atoms with Crippen LogP contribution in [0.15, 0.2) is 18.2 Å². The summed E-state index contributed by atoms with van der Waals surface area (Å²) in [5.74, 6) is 0.329. The molecule has 1 amide bonds. The van der Waals surface area contributed by atoms with Gasteiger partial charge in [-0.3, -0.25) is 4.79 Å². The Morgan fingerprint density at radius 2 is 1.68 bits per heavy atom. The van der Waals surface area contributed by atoms with Crippen LogP contribution < -0.4 is 0 Å². The van der Waals surface area contributed by atoms with Gasteiger partial charge < -0.3 is 9.80 Å². The summed E-state index contributed by atoms with van der Waals surface area (Å²) in [6.07, 6.45) is 0.854. The van der Waals surface area contributed by atoms with E-state index < -0.39 is 21.8 Å². The third-order valence-electron chi connectivity index (χ3n) is 8.35. The summed E-state index contributed by atoms with van der Waals surface area (Å²) >= 11 is 5.88. The molecule has 0 saturated carbocycles. The molecule has 41 heavy (non-hydrogen) atoms. The van der Waals surface area contributed by atoms with E-state index >= 15 is 0 Å². The first kappa shape index (κ1) is 31.7. The quantitative estimate of drug-likeness (QED) is 0.456. The first-order valence-corrected chi connectivity index (χ1v) is 16.0. The summed E-state index contributed by atoms with van der Waals surface area (Å²) < 4.78 is 64.3. The van der Waals surface area contributed by atoms with Gasteiger partial charge in [0.05, 0.1) is 16.8 Å². The lowest BCUT2D eigenvalue weighted by Gasteiger charge is -2.43. The van der Waals surface area contributed by atoms with Gasteiger partial charge in [0.1, 0.15) is 11.5 Å². The van der Waals surface area contributed by atoms with Crippen molar-refractivity contribution < 1.29 is 26.4 Å². The maximum atomic E-state index is 13.5. The third kappa shape index (κ3) is 7.57. The summed E-state index contributed by atoms with van der Waals surface area (Å²) in [6, 6.07) is 4.11. The molecule has 0 aliphatic carbocycles. The Balaban J connectivity index is 1.35. The van der Waals surface area contributed by atoms with E-state index in [0.717, 1.165) is 44.8 Å². The minimum atomic E-state index is -4.51. The van der Waals surface area contributed by atoms with Gasteiger partial charge in [-0.2, -0.15) is 13.2 Å². The van der Waals surface area contributed by atoms with Crippen LogP contribution in [0, 0.1) is 13.8 Å². The van der Waals surface area contributed by atoms with Crippen molar-refractivity contribution in [2.24, 2.45) is 0 Å². The summed E-state index contributed by atoms with van der Waals surface area (Å²) in [4.78, 5) is 26.7. The highest BCUT2D eigenvalue weighted by molar-refractivity contribution is 7.88. The zero-order valence-electron chi connectivity index (χ0n) is 23.8. The number of halogens is 4. The van der Waals surface area contributed by atoms with Crippen molar-refractivity contribution in [3.05, 3.63) is 57.1 Å². The second-order valence-corrected chi connectivity index (χ2v) is 13.5. The van der Waals surface area contributed by atoms with E-state index in [2.05, 4.69) is 14.9 Å². The molecule has 2 aromatic rings. The number of aryl methyl sites for hydroxylation is 3. The van der Waals surface area contributed by atoms with Crippen molar-refractivity contribution in [1.82, 2.24) is 24.1 Å². The zero-order chi connectivity index (χ0) is 30.1. The zero-order valence-corrected chi connectivity index (χ0v) is 25.4. The van der Waals surface area contributed by atoms with Gasteiger partial charge in [0.15, 0.2) is 0 Å². The minimum absolute atomic E-state index is 0.0253. The first-order valence-electron chi connectivity index (χ1n) is 13.8. The molecular formula is C28H37ClF3N5O3S. The van der Waals surface area contributed by atoms with Gasteiger partial charge in [0.25, 0.3) is 5.91 Å². The molecule has 0 spiro atoms. The monoisotopic (exact) mass is 615 g/mol. The highest BCUT2D eigenvalue weighted by atomic mass is 35.5. The summed E-state index contributed by atoms with van der Waals surface area (Å²) in [5.41, 5.74) is 1.52. The van der Waals surface area contributed by atoms with Crippen molar-refractivity contribution in [2.75, 3.05) is 39.5 Å². The summed E-state index contributed by atoms with van der Waals surface area (Å²) in [6.45, 7) is 6.42. The number of rotatable bonds is 7. The van der Waals surface area contributed by atoms with Crippen LogP contribution >= 0.6 is 11.6 Å².